The summed E-state index contributed by atoms with van der Waals surface area (Å²) in [5.74, 6) is 0.614. The van der Waals surface area contributed by atoms with Gasteiger partial charge in [-0.2, -0.15) is 10.4 Å². The van der Waals surface area contributed by atoms with Crippen LogP contribution in [0.4, 0.5) is 0 Å². The number of fused-ring (bicyclic) bond motifs is 1. The van der Waals surface area contributed by atoms with Crippen molar-refractivity contribution >= 4 is 0 Å². The lowest BCUT2D eigenvalue weighted by Gasteiger charge is -2.25. The van der Waals surface area contributed by atoms with Gasteiger partial charge in [0.05, 0.1) is 23.5 Å². The molecule has 0 amide bonds. The Balaban J connectivity index is 1.87. The molecule has 136 valence electrons. The quantitative estimate of drug-likeness (QED) is 0.775. The van der Waals surface area contributed by atoms with Crippen LogP contribution in [0, 0.1) is 11.3 Å². The Kier molecular flexibility index (Phi) is 3.96. The SMILES string of the molecule is CC(C)c1nn(C)c2c1C(c1ccc(-n3ccnc3)cc1)C(C#N)=C(N)O2. The van der Waals surface area contributed by atoms with E-state index in [-0.39, 0.29) is 17.7 Å². The van der Waals surface area contributed by atoms with Crippen LogP contribution in [0.2, 0.25) is 0 Å². The topological polar surface area (TPSA) is 94.7 Å². The molecule has 1 unspecified atom stereocenters. The molecule has 2 aromatic heterocycles. The van der Waals surface area contributed by atoms with Gasteiger partial charge in [-0.1, -0.05) is 26.0 Å². The first-order valence-corrected chi connectivity index (χ1v) is 8.74. The predicted molar refractivity (Wildman–Crippen MR) is 100 cm³/mol. The molecule has 0 spiro atoms. The van der Waals surface area contributed by atoms with Gasteiger partial charge in [-0.25, -0.2) is 9.67 Å². The summed E-state index contributed by atoms with van der Waals surface area (Å²) in [7, 11) is 1.83. The number of nitrogens with two attached hydrogens (primary N) is 1. The van der Waals surface area contributed by atoms with Crippen molar-refractivity contribution in [1.29, 1.82) is 5.26 Å². The van der Waals surface area contributed by atoms with Gasteiger partial charge in [0.2, 0.25) is 11.8 Å². The highest BCUT2D eigenvalue weighted by Crippen LogP contribution is 2.45. The summed E-state index contributed by atoms with van der Waals surface area (Å²) in [6.45, 7) is 4.16. The smallest absolute Gasteiger partial charge is 0.224 e. The van der Waals surface area contributed by atoms with Crippen LogP contribution in [0.3, 0.4) is 0 Å². The van der Waals surface area contributed by atoms with Crippen molar-refractivity contribution in [3.8, 4) is 17.6 Å². The van der Waals surface area contributed by atoms with Gasteiger partial charge in [-0.05, 0) is 23.6 Å². The molecule has 1 atom stereocenters. The average molecular weight is 360 g/mol. The molecule has 0 bridgehead atoms. The molecule has 27 heavy (non-hydrogen) atoms. The summed E-state index contributed by atoms with van der Waals surface area (Å²) in [6, 6.07) is 10.3. The van der Waals surface area contributed by atoms with E-state index in [4.69, 9.17) is 10.5 Å². The molecule has 1 aliphatic heterocycles. The largest absolute Gasteiger partial charge is 0.422 e. The van der Waals surface area contributed by atoms with Crippen LogP contribution in [0.25, 0.3) is 5.69 Å². The molecule has 3 heterocycles. The van der Waals surface area contributed by atoms with Gasteiger partial charge in [0.15, 0.2) is 0 Å². The maximum absolute atomic E-state index is 9.75. The van der Waals surface area contributed by atoms with Crippen LogP contribution in [0.1, 0.15) is 42.5 Å². The fourth-order valence-electron chi connectivity index (χ4n) is 3.51. The Hall–Kier alpha value is -3.53. The Morgan fingerprint density at radius 3 is 2.59 bits per heavy atom. The van der Waals surface area contributed by atoms with Crippen molar-refractivity contribution in [3.63, 3.8) is 0 Å². The highest BCUT2D eigenvalue weighted by atomic mass is 16.5. The first-order chi connectivity index (χ1) is 13.0. The van der Waals surface area contributed by atoms with Crippen LogP contribution in [-0.2, 0) is 7.05 Å². The summed E-state index contributed by atoms with van der Waals surface area (Å²) < 4.78 is 9.38. The van der Waals surface area contributed by atoms with Gasteiger partial charge in [0.1, 0.15) is 11.6 Å². The summed E-state index contributed by atoms with van der Waals surface area (Å²) in [5.41, 5.74) is 10.3. The maximum atomic E-state index is 9.75. The second kappa shape index (κ2) is 6.32. The summed E-state index contributed by atoms with van der Waals surface area (Å²) in [5, 5.41) is 14.4. The lowest BCUT2D eigenvalue weighted by molar-refractivity contribution is 0.358. The lowest BCUT2D eigenvalue weighted by Crippen LogP contribution is -2.22. The molecule has 3 aromatic rings. The minimum Gasteiger partial charge on any atom is -0.422 e. The molecule has 7 heteroatoms. The number of ether oxygens (including phenoxy) is 1. The van der Waals surface area contributed by atoms with Gasteiger partial charge in [-0.15, -0.1) is 0 Å². The average Bonchev–Trinajstić information content (AvgIpc) is 3.30. The number of allylic oxidation sites excluding steroid dienone is 1. The van der Waals surface area contributed by atoms with Crippen molar-refractivity contribution in [1.82, 2.24) is 19.3 Å². The van der Waals surface area contributed by atoms with Gasteiger partial charge in [0.25, 0.3) is 0 Å². The van der Waals surface area contributed by atoms with E-state index in [1.165, 1.54) is 0 Å². The third-order valence-corrected chi connectivity index (χ3v) is 4.80. The zero-order valence-corrected chi connectivity index (χ0v) is 15.4. The number of hydrogen-bond donors (Lipinski definition) is 1. The first kappa shape index (κ1) is 16.9. The van der Waals surface area contributed by atoms with Gasteiger partial charge in [0, 0.05) is 25.1 Å². The number of rotatable bonds is 3. The van der Waals surface area contributed by atoms with Crippen molar-refractivity contribution in [2.45, 2.75) is 25.7 Å². The zero-order chi connectivity index (χ0) is 19.1. The Bertz CT molecular complexity index is 1050. The Morgan fingerprint density at radius 1 is 1.26 bits per heavy atom. The number of nitrogens with zero attached hydrogens (tertiary/aromatic N) is 5. The zero-order valence-electron chi connectivity index (χ0n) is 15.4. The molecular weight excluding hydrogens is 340 g/mol. The van der Waals surface area contributed by atoms with Crippen molar-refractivity contribution < 1.29 is 4.74 Å². The normalized spacial score (nSPS) is 16.2. The summed E-state index contributed by atoms with van der Waals surface area (Å²) in [4.78, 5) is 4.08. The van der Waals surface area contributed by atoms with E-state index in [9.17, 15) is 5.26 Å². The van der Waals surface area contributed by atoms with E-state index < -0.39 is 0 Å². The summed E-state index contributed by atoms with van der Waals surface area (Å²) in [6.07, 6.45) is 5.37. The molecule has 0 radical (unpaired) electrons. The highest BCUT2D eigenvalue weighted by Gasteiger charge is 2.36. The number of aryl methyl sites for hydroxylation is 1. The molecule has 2 N–H and O–H groups in total. The molecule has 1 aromatic carbocycles. The van der Waals surface area contributed by atoms with Crippen molar-refractivity contribution in [3.05, 3.63) is 71.3 Å². The fraction of sp³-hybridized carbons (Fsp3) is 0.250. The van der Waals surface area contributed by atoms with Crippen LogP contribution in [0.5, 0.6) is 5.88 Å². The van der Waals surface area contributed by atoms with Gasteiger partial charge < -0.3 is 15.0 Å². The van der Waals surface area contributed by atoms with Gasteiger partial charge >= 0.3 is 0 Å². The molecule has 4 rings (SSSR count). The molecule has 0 saturated carbocycles. The first-order valence-electron chi connectivity index (χ1n) is 8.74. The van der Waals surface area contributed by atoms with Crippen molar-refractivity contribution in [2.24, 2.45) is 12.8 Å². The lowest BCUT2D eigenvalue weighted by atomic mass is 9.82. The van der Waals surface area contributed by atoms with Crippen LogP contribution < -0.4 is 10.5 Å². The van der Waals surface area contributed by atoms with E-state index in [1.54, 1.807) is 17.2 Å². The third kappa shape index (κ3) is 2.66. The molecule has 7 nitrogen and oxygen atoms in total. The van der Waals surface area contributed by atoms with Crippen LogP contribution in [0.15, 0.2) is 54.4 Å². The minimum absolute atomic E-state index is 0.131. The number of aromatic nitrogens is 4. The number of imidazole rings is 1. The van der Waals surface area contributed by atoms with Gasteiger partial charge in [-0.3, -0.25) is 0 Å². The number of nitriles is 1. The Morgan fingerprint density at radius 2 is 2.00 bits per heavy atom. The monoisotopic (exact) mass is 360 g/mol. The van der Waals surface area contributed by atoms with E-state index in [0.29, 0.717) is 11.5 Å². The number of hydrogen-bond acceptors (Lipinski definition) is 5. The molecule has 1 aliphatic rings. The fourth-order valence-corrected chi connectivity index (χ4v) is 3.51. The second-order valence-electron chi connectivity index (χ2n) is 6.87. The molecule has 0 saturated heterocycles. The molecule has 0 aliphatic carbocycles. The van der Waals surface area contributed by atoms with E-state index in [0.717, 1.165) is 22.5 Å². The molecular formula is C20H20N6O. The predicted octanol–water partition coefficient (Wildman–Crippen LogP) is 2.95. The third-order valence-electron chi connectivity index (χ3n) is 4.80. The van der Waals surface area contributed by atoms with E-state index in [2.05, 4.69) is 30.0 Å². The van der Waals surface area contributed by atoms with Crippen LogP contribution in [-0.4, -0.2) is 19.3 Å². The minimum atomic E-state index is -0.304. The highest BCUT2D eigenvalue weighted by molar-refractivity contribution is 5.56. The van der Waals surface area contributed by atoms with E-state index >= 15 is 0 Å². The van der Waals surface area contributed by atoms with E-state index in [1.807, 2.05) is 42.1 Å². The second-order valence-corrected chi connectivity index (χ2v) is 6.87. The van der Waals surface area contributed by atoms with Crippen molar-refractivity contribution in [2.75, 3.05) is 0 Å². The standard InChI is InChI=1S/C20H20N6O/c1-12(2)18-17-16(15(10-21)19(22)27-20(17)25(3)24-18)13-4-6-14(7-5-13)26-9-8-23-11-26/h4-9,11-12,16H,22H2,1-3H3. The van der Waals surface area contributed by atoms with Crippen LogP contribution >= 0.6 is 0 Å². The molecule has 0 fully saturated rings. The maximum Gasteiger partial charge on any atom is 0.224 e. The Labute approximate surface area is 157 Å². The number of benzene rings is 1. The summed E-state index contributed by atoms with van der Waals surface area (Å²) >= 11 is 0.